The second-order valence-corrected chi connectivity index (χ2v) is 3.25. The van der Waals surface area contributed by atoms with Crippen molar-refractivity contribution in [3.8, 4) is 0 Å². The lowest BCUT2D eigenvalue weighted by molar-refractivity contribution is 0.229. The fraction of sp³-hybridized carbons (Fsp3) is 0.750. The van der Waals surface area contributed by atoms with Crippen molar-refractivity contribution < 1.29 is 4.79 Å². The van der Waals surface area contributed by atoms with Gasteiger partial charge in [0.25, 0.3) is 0 Å². The molecule has 1 saturated heterocycles. The van der Waals surface area contributed by atoms with Gasteiger partial charge in [-0.2, -0.15) is 0 Å². The first-order valence-electron chi connectivity index (χ1n) is 4.40. The molecule has 1 radical (unpaired) electrons. The summed E-state index contributed by atoms with van der Waals surface area (Å²) in [5.41, 5.74) is 5.21. The van der Waals surface area contributed by atoms with Crippen LogP contribution in [0.15, 0.2) is 0 Å². The van der Waals surface area contributed by atoms with Gasteiger partial charge in [0.1, 0.15) is 0 Å². The standard InChI is InChI=1S/C8H15N4O/c9-8(10)11-7-1-3-12(4-2-7)5-6-13/h7H,1-5H2,(H4,9,10,11). The molecule has 5 nitrogen and oxygen atoms in total. The van der Waals surface area contributed by atoms with Crippen molar-refractivity contribution in [1.82, 2.24) is 10.2 Å². The van der Waals surface area contributed by atoms with E-state index in [0.717, 1.165) is 25.9 Å². The van der Waals surface area contributed by atoms with Crippen LogP contribution in [0.5, 0.6) is 0 Å². The van der Waals surface area contributed by atoms with Crippen LogP contribution in [0.1, 0.15) is 12.8 Å². The first-order chi connectivity index (χ1) is 6.22. The minimum atomic E-state index is 0.0281. The highest BCUT2D eigenvalue weighted by Crippen LogP contribution is 2.08. The van der Waals surface area contributed by atoms with Gasteiger partial charge in [0.15, 0.2) is 5.96 Å². The monoisotopic (exact) mass is 183 g/mol. The molecular weight excluding hydrogens is 168 g/mol. The molecule has 0 aliphatic carbocycles. The third kappa shape index (κ3) is 3.42. The number of rotatable bonds is 3. The number of nitrogens with two attached hydrogens (primary N) is 1. The van der Waals surface area contributed by atoms with Crippen molar-refractivity contribution in [2.75, 3.05) is 19.6 Å². The van der Waals surface area contributed by atoms with Crippen molar-refractivity contribution >= 4 is 12.2 Å². The van der Waals surface area contributed by atoms with E-state index in [2.05, 4.69) is 5.32 Å². The maximum atomic E-state index is 10.1. The Kier molecular flexibility index (Phi) is 3.70. The minimum absolute atomic E-state index is 0.0281. The highest BCUT2D eigenvalue weighted by molar-refractivity contribution is 5.74. The van der Waals surface area contributed by atoms with Crippen LogP contribution < -0.4 is 11.1 Å². The molecule has 0 spiro atoms. The fourth-order valence-corrected chi connectivity index (χ4v) is 1.55. The fourth-order valence-electron chi connectivity index (χ4n) is 1.55. The number of nitrogens with one attached hydrogen (secondary N) is 2. The zero-order valence-corrected chi connectivity index (χ0v) is 7.55. The van der Waals surface area contributed by atoms with Gasteiger partial charge in [0.05, 0.1) is 6.54 Å². The van der Waals surface area contributed by atoms with E-state index in [1.807, 2.05) is 11.2 Å². The van der Waals surface area contributed by atoms with Gasteiger partial charge in [-0.1, -0.05) is 0 Å². The molecule has 1 rings (SSSR count). The van der Waals surface area contributed by atoms with Gasteiger partial charge in [-0.25, -0.2) is 0 Å². The highest BCUT2D eigenvalue weighted by Gasteiger charge is 2.18. The van der Waals surface area contributed by atoms with Gasteiger partial charge in [0.2, 0.25) is 6.29 Å². The number of piperidine rings is 1. The molecule has 0 amide bonds. The largest absolute Gasteiger partial charge is 0.370 e. The zero-order chi connectivity index (χ0) is 9.68. The summed E-state index contributed by atoms with van der Waals surface area (Å²) in [7, 11) is 0. The summed E-state index contributed by atoms with van der Waals surface area (Å²) in [5, 5.41) is 9.93. The Morgan fingerprint density at radius 3 is 2.69 bits per heavy atom. The van der Waals surface area contributed by atoms with Crippen molar-refractivity contribution in [2.24, 2.45) is 5.73 Å². The van der Waals surface area contributed by atoms with Gasteiger partial charge >= 0.3 is 0 Å². The maximum absolute atomic E-state index is 10.1. The molecule has 0 aromatic carbocycles. The summed E-state index contributed by atoms with van der Waals surface area (Å²) >= 11 is 0. The predicted molar refractivity (Wildman–Crippen MR) is 50.2 cm³/mol. The number of hydrogen-bond donors (Lipinski definition) is 3. The Balaban J connectivity index is 2.22. The number of likely N-dealkylation sites (tertiary alicyclic amines) is 1. The summed E-state index contributed by atoms with van der Waals surface area (Å²) in [4.78, 5) is 12.1. The third-order valence-corrected chi connectivity index (χ3v) is 2.24. The Labute approximate surface area is 77.8 Å². The first-order valence-corrected chi connectivity index (χ1v) is 4.40. The van der Waals surface area contributed by atoms with E-state index in [9.17, 15) is 4.79 Å². The molecule has 5 heteroatoms. The molecule has 73 valence electrons. The molecule has 0 bridgehead atoms. The van der Waals surface area contributed by atoms with Crippen LogP contribution in [0, 0.1) is 5.41 Å². The Morgan fingerprint density at radius 1 is 1.62 bits per heavy atom. The predicted octanol–water partition coefficient (Wildman–Crippen LogP) is -0.956. The van der Waals surface area contributed by atoms with Gasteiger partial charge in [-0.15, -0.1) is 0 Å². The van der Waals surface area contributed by atoms with Crippen LogP contribution in [0.25, 0.3) is 0 Å². The Morgan fingerprint density at radius 2 is 2.23 bits per heavy atom. The van der Waals surface area contributed by atoms with Gasteiger partial charge in [0, 0.05) is 19.1 Å². The van der Waals surface area contributed by atoms with Crippen LogP contribution in [0.4, 0.5) is 0 Å². The van der Waals surface area contributed by atoms with Crippen molar-refractivity contribution in [1.29, 1.82) is 5.41 Å². The summed E-state index contributed by atoms with van der Waals surface area (Å²) in [6.45, 7) is 2.15. The number of nitrogens with zero attached hydrogens (tertiary/aromatic N) is 1. The van der Waals surface area contributed by atoms with E-state index in [-0.39, 0.29) is 5.96 Å². The van der Waals surface area contributed by atoms with Crippen LogP contribution in [-0.4, -0.2) is 42.8 Å². The van der Waals surface area contributed by atoms with Gasteiger partial charge in [-0.05, 0) is 12.8 Å². The number of hydrogen-bond acceptors (Lipinski definition) is 3. The average molecular weight is 183 g/mol. The maximum Gasteiger partial charge on any atom is 0.213 e. The average Bonchev–Trinajstić information content (AvgIpc) is 2.08. The highest BCUT2D eigenvalue weighted by atomic mass is 16.1. The van der Waals surface area contributed by atoms with Crippen molar-refractivity contribution in [2.45, 2.75) is 18.9 Å². The quantitative estimate of drug-likeness (QED) is 0.389. The molecule has 0 aromatic heterocycles. The van der Waals surface area contributed by atoms with E-state index in [0.29, 0.717) is 12.6 Å². The van der Waals surface area contributed by atoms with Crippen molar-refractivity contribution in [3.63, 3.8) is 0 Å². The summed E-state index contributed by atoms with van der Waals surface area (Å²) in [6.07, 6.45) is 3.75. The molecular formula is C8H15N4O. The van der Waals surface area contributed by atoms with Gasteiger partial charge < -0.3 is 11.1 Å². The second-order valence-electron chi connectivity index (χ2n) is 3.25. The summed E-state index contributed by atoms with van der Waals surface area (Å²) in [5.74, 6) is 0.0281. The lowest BCUT2D eigenvalue weighted by Crippen LogP contribution is -2.46. The van der Waals surface area contributed by atoms with Gasteiger partial charge in [-0.3, -0.25) is 15.1 Å². The Hall–Kier alpha value is -1.10. The molecule has 0 unspecified atom stereocenters. The third-order valence-electron chi connectivity index (χ3n) is 2.24. The van der Waals surface area contributed by atoms with Crippen molar-refractivity contribution in [3.05, 3.63) is 0 Å². The number of guanidine groups is 1. The summed E-state index contributed by atoms with van der Waals surface area (Å²) in [6, 6.07) is 0.292. The topological polar surface area (TPSA) is 82.2 Å². The smallest absolute Gasteiger partial charge is 0.213 e. The molecule has 1 aliphatic heterocycles. The zero-order valence-electron chi connectivity index (χ0n) is 7.55. The molecule has 4 N–H and O–H groups in total. The Bertz CT molecular complexity index is 187. The molecule has 1 heterocycles. The SMILES string of the molecule is N=C(N)NC1CCN(C[C]=O)CC1. The lowest BCUT2D eigenvalue weighted by Gasteiger charge is -2.30. The number of carbonyl (C=O) groups excluding carboxylic acids is 1. The molecule has 1 fully saturated rings. The van der Waals surface area contributed by atoms with Crippen LogP contribution in [-0.2, 0) is 4.79 Å². The normalized spacial score (nSPS) is 19.7. The molecule has 0 atom stereocenters. The van der Waals surface area contributed by atoms with E-state index < -0.39 is 0 Å². The summed E-state index contributed by atoms with van der Waals surface area (Å²) < 4.78 is 0. The van der Waals surface area contributed by atoms with Crippen LogP contribution in [0.2, 0.25) is 0 Å². The molecule has 0 aromatic rings. The van der Waals surface area contributed by atoms with E-state index in [1.165, 1.54) is 0 Å². The van der Waals surface area contributed by atoms with E-state index in [1.54, 1.807) is 0 Å². The van der Waals surface area contributed by atoms with Crippen LogP contribution >= 0.6 is 0 Å². The van der Waals surface area contributed by atoms with E-state index >= 15 is 0 Å². The lowest BCUT2D eigenvalue weighted by atomic mass is 10.1. The molecule has 13 heavy (non-hydrogen) atoms. The molecule has 1 aliphatic rings. The minimum Gasteiger partial charge on any atom is -0.370 e. The first kappa shape index (κ1) is 9.98. The van der Waals surface area contributed by atoms with Crippen LogP contribution in [0.3, 0.4) is 0 Å². The second kappa shape index (κ2) is 4.81. The molecule has 0 saturated carbocycles. The van der Waals surface area contributed by atoms with E-state index in [4.69, 9.17) is 11.1 Å².